The molecule has 0 N–H and O–H groups in total. The number of aromatic nitrogens is 4. The number of rotatable bonds is 2. The van der Waals surface area contributed by atoms with Crippen molar-refractivity contribution in [3.8, 4) is 0 Å². The minimum Gasteiger partial charge on any atom is -0.291 e. The zero-order valence-corrected chi connectivity index (χ0v) is 12.0. The minimum absolute atomic E-state index is 0.216. The van der Waals surface area contributed by atoms with Crippen LogP contribution in [0.5, 0.6) is 0 Å². The van der Waals surface area contributed by atoms with Crippen molar-refractivity contribution in [3.05, 3.63) is 58.2 Å². The Bertz CT molecular complexity index is 881. The summed E-state index contributed by atoms with van der Waals surface area (Å²) in [5.41, 5.74) is 2.16. The summed E-state index contributed by atoms with van der Waals surface area (Å²) in [6.07, 6.45) is 3.24. The molecule has 2 aromatic heterocycles. The minimum atomic E-state index is -0.440. The third-order valence-electron chi connectivity index (χ3n) is 3.89. The standard InChI is InChI=1S/C15H15FN4O/c1-9-13(7-18-19(9)3)10(2)20-8-17-14-5-4-11(16)6-12(14)15(20)21/h4-8,10H,1-3H3. The van der Waals surface area contributed by atoms with E-state index >= 15 is 0 Å². The lowest BCUT2D eigenvalue weighted by molar-refractivity contribution is 0.601. The van der Waals surface area contributed by atoms with E-state index in [0.29, 0.717) is 5.52 Å². The number of hydrogen-bond acceptors (Lipinski definition) is 3. The van der Waals surface area contributed by atoms with E-state index in [1.54, 1.807) is 10.9 Å². The molecule has 1 aromatic carbocycles. The van der Waals surface area contributed by atoms with Crippen molar-refractivity contribution in [3.63, 3.8) is 0 Å². The van der Waals surface area contributed by atoms with Crippen LogP contribution in [0.3, 0.4) is 0 Å². The molecule has 0 aliphatic heterocycles. The van der Waals surface area contributed by atoms with Crippen LogP contribution >= 0.6 is 0 Å². The van der Waals surface area contributed by atoms with Gasteiger partial charge in [-0.2, -0.15) is 5.10 Å². The van der Waals surface area contributed by atoms with Gasteiger partial charge in [0.15, 0.2) is 0 Å². The van der Waals surface area contributed by atoms with Crippen molar-refractivity contribution in [1.82, 2.24) is 19.3 Å². The zero-order valence-electron chi connectivity index (χ0n) is 12.0. The van der Waals surface area contributed by atoms with Crippen molar-refractivity contribution in [2.24, 2.45) is 7.05 Å². The molecule has 6 heteroatoms. The fraction of sp³-hybridized carbons (Fsp3) is 0.267. The third kappa shape index (κ3) is 2.12. The van der Waals surface area contributed by atoms with Gasteiger partial charge < -0.3 is 0 Å². The fourth-order valence-corrected chi connectivity index (χ4v) is 2.46. The normalized spacial score (nSPS) is 12.8. The van der Waals surface area contributed by atoms with Crippen LogP contribution < -0.4 is 5.56 Å². The lowest BCUT2D eigenvalue weighted by Gasteiger charge is -2.15. The average Bonchev–Trinajstić information content (AvgIpc) is 2.79. The van der Waals surface area contributed by atoms with Gasteiger partial charge in [0.1, 0.15) is 5.82 Å². The maximum Gasteiger partial charge on any atom is 0.261 e. The highest BCUT2D eigenvalue weighted by Crippen LogP contribution is 2.20. The predicted molar refractivity (Wildman–Crippen MR) is 77.7 cm³/mol. The molecule has 5 nitrogen and oxygen atoms in total. The highest BCUT2D eigenvalue weighted by molar-refractivity contribution is 5.77. The SMILES string of the molecule is Cc1c(C(C)n2cnc3ccc(F)cc3c2=O)cnn1C. The second kappa shape index (κ2) is 4.80. The van der Waals surface area contributed by atoms with E-state index in [1.807, 2.05) is 20.9 Å². The Labute approximate surface area is 120 Å². The summed E-state index contributed by atoms with van der Waals surface area (Å²) in [4.78, 5) is 16.8. The molecule has 21 heavy (non-hydrogen) atoms. The number of aryl methyl sites for hydroxylation is 1. The monoisotopic (exact) mass is 286 g/mol. The molecule has 3 rings (SSSR count). The Morgan fingerprint density at radius 1 is 1.33 bits per heavy atom. The smallest absolute Gasteiger partial charge is 0.261 e. The largest absolute Gasteiger partial charge is 0.291 e. The van der Waals surface area contributed by atoms with Crippen LogP contribution in [0.2, 0.25) is 0 Å². The van der Waals surface area contributed by atoms with Crippen LogP contribution in [-0.2, 0) is 7.05 Å². The molecular formula is C15H15FN4O. The molecule has 0 aliphatic rings. The molecule has 0 spiro atoms. The Balaban J connectivity index is 2.19. The van der Waals surface area contributed by atoms with Crippen molar-refractivity contribution < 1.29 is 4.39 Å². The first-order valence-corrected chi connectivity index (χ1v) is 6.64. The summed E-state index contributed by atoms with van der Waals surface area (Å²) in [6.45, 7) is 3.84. The molecule has 0 saturated heterocycles. The van der Waals surface area contributed by atoms with Crippen LogP contribution in [0.25, 0.3) is 10.9 Å². The quantitative estimate of drug-likeness (QED) is 0.725. The second-order valence-corrected chi connectivity index (χ2v) is 5.10. The van der Waals surface area contributed by atoms with Crippen molar-refractivity contribution in [2.45, 2.75) is 19.9 Å². The molecule has 0 saturated carbocycles. The number of hydrogen-bond donors (Lipinski definition) is 0. The zero-order chi connectivity index (χ0) is 15.1. The van der Waals surface area contributed by atoms with E-state index in [4.69, 9.17) is 0 Å². The maximum absolute atomic E-state index is 13.4. The number of fused-ring (bicyclic) bond motifs is 1. The average molecular weight is 286 g/mol. The molecule has 2 heterocycles. The molecule has 0 amide bonds. The van der Waals surface area contributed by atoms with Gasteiger partial charge in [-0.05, 0) is 32.0 Å². The van der Waals surface area contributed by atoms with E-state index in [1.165, 1.54) is 29.1 Å². The molecule has 0 fully saturated rings. The Hall–Kier alpha value is -2.50. The lowest BCUT2D eigenvalue weighted by Crippen LogP contribution is -2.24. The van der Waals surface area contributed by atoms with Gasteiger partial charge in [0, 0.05) is 18.3 Å². The Morgan fingerprint density at radius 3 is 2.76 bits per heavy atom. The molecule has 0 aliphatic carbocycles. The highest BCUT2D eigenvalue weighted by Gasteiger charge is 2.16. The van der Waals surface area contributed by atoms with Crippen molar-refractivity contribution in [1.29, 1.82) is 0 Å². The summed E-state index contributed by atoms with van der Waals surface area (Å²) in [6, 6.07) is 3.82. The van der Waals surface area contributed by atoms with Gasteiger partial charge in [-0.25, -0.2) is 9.37 Å². The van der Waals surface area contributed by atoms with Gasteiger partial charge in [0.05, 0.1) is 29.5 Å². The summed E-state index contributed by atoms with van der Waals surface area (Å²) in [5, 5.41) is 4.47. The van der Waals surface area contributed by atoms with Crippen molar-refractivity contribution >= 4 is 10.9 Å². The molecule has 0 radical (unpaired) electrons. The summed E-state index contributed by atoms with van der Waals surface area (Å²) < 4.78 is 16.6. The van der Waals surface area contributed by atoms with Gasteiger partial charge in [-0.15, -0.1) is 0 Å². The van der Waals surface area contributed by atoms with E-state index in [2.05, 4.69) is 10.1 Å². The predicted octanol–water partition coefficient (Wildman–Crippen LogP) is 2.19. The second-order valence-electron chi connectivity index (χ2n) is 5.10. The molecular weight excluding hydrogens is 271 g/mol. The topological polar surface area (TPSA) is 52.7 Å². The van der Waals surface area contributed by atoms with Crippen LogP contribution in [0, 0.1) is 12.7 Å². The Kier molecular flexibility index (Phi) is 3.08. The number of halogens is 1. The van der Waals surface area contributed by atoms with E-state index in [-0.39, 0.29) is 17.0 Å². The first-order chi connectivity index (χ1) is 9.99. The summed E-state index contributed by atoms with van der Waals surface area (Å²) >= 11 is 0. The first-order valence-electron chi connectivity index (χ1n) is 6.64. The van der Waals surface area contributed by atoms with Crippen LogP contribution in [-0.4, -0.2) is 19.3 Å². The van der Waals surface area contributed by atoms with Crippen molar-refractivity contribution in [2.75, 3.05) is 0 Å². The van der Waals surface area contributed by atoms with Crippen LogP contribution in [0.1, 0.15) is 24.2 Å². The molecule has 1 atom stereocenters. The van der Waals surface area contributed by atoms with Crippen LogP contribution in [0.4, 0.5) is 4.39 Å². The molecule has 1 unspecified atom stereocenters. The third-order valence-corrected chi connectivity index (χ3v) is 3.89. The number of benzene rings is 1. The molecule has 3 aromatic rings. The maximum atomic E-state index is 13.4. The Morgan fingerprint density at radius 2 is 2.10 bits per heavy atom. The van der Waals surface area contributed by atoms with Crippen LogP contribution in [0.15, 0.2) is 35.5 Å². The lowest BCUT2D eigenvalue weighted by atomic mass is 10.1. The summed E-state index contributed by atoms with van der Waals surface area (Å²) in [5.74, 6) is -0.440. The van der Waals surface area contributed by atoms with Gasteiger partial charge in [-0.3, -0.25) is 14.0 Å². The first kappa shape index (κ1) is 13.5. The molecule has 108 valence electrons. The van der Waals surface area contributed by atoms with Gasteiger partial charge >= 0.3 is 0 Å². The fourth-order valence-electron chi connectivity index (χ4n) is 2.46. The molecule has 0 bridgehead atoms. The van der Waals surface area contributed by atoms with Gasteiger partial charge in [0.25, 0.3) is 5.56 Å². The van der Waals surface area contributed by atoms with Gasteiger partial charge in [-0.1, -0.05) is 0 Å². The van der Waals surface area contributed by atoms with Gasteiger partial charge in [0.2, 0.25) is 0 Å². The number of nitrogens with zero attached hydrogens (tertiary/aromatic N) is 4. The highest BCUT2D eigenvalue weighted by atomic mass is 19.1. The van der Waals surface area contributed by atoms with E-state index < -0.39 is 5.82 Å². The van der Waals surface area contributed by atoms with E-state index in [0.717, 1.165) is 11.3 Å². The summed E-state index contributed by atoms with van der Waals surface area (Å²) in [7, 11) is 1.85. The van der Waals surface area contributed by atoms with E-state index in [9.17, 15) is 9.18 Å².